The molecule has 21 nitrogen and oxygen atoms in total. The van der Waals surface area contributed by atoms with Gasteiger partial charge in [-0.3, -0.25) is 38.4 Å². The van der Waals surface area contributed by atoms with Crippen LogP contribution in [0.4, 0.5) is 0 Å². The van der Waals surface area contributed by atoms with Crippen LogP contribution in [-0.2, 0) is 52.8 Å². The second kappa shape index (κ2) is 30.0. The molecule has 7 amide bonds. The van der Waals surface area contributed by atoms with Crippen LogP contribution in [-0.4, -0.2) is 188 Å². The number of carboxylic acid groups (broad SMARTS) is 2. The van der Waals surface area contributed by atoms with E-state index in [9.17, 15) is 53.1 Å². The summed E-state index contributed by atoms with van der Waals surface area (Å²) in [6.45, 7) is 4.50. The maximum atomic E-state index is 12.0. The van der Waals surface area contributed by atoms with Gasteiger partial charge in [0.25, 0.3) is 11.8 Å². The minimum absolute atomic E-state index is 0.0547. The standard InChI is InChI=1S/C19H30N4O6S2.C12H16N2O5S.C6H14N2O2/c24-15(12-30-9-7-22-5-1-3-17(22)26)20-11-14(19(28)29)21-16(25)13-31-10-8-23-6-2-4-18(23)27;15-9-2-1-5-13(9)6-7-20-8-12(18)19-14-10(16)3-4-11(14)17;7-4-2-1-3-5(8)6(9)10/h14H,1-13H2,(H,20,24)(H,21,25)(H,28,29);1-8H2;5H,1-4,7-8H2,(H,9,10). The van der Waals surface area contributed by atoms with E-state index < -0.39 is 47.7 Å². The number of hydroxylamine groups is 2. The molecule has 4 aliphatic rings. The zero-order chi connectivity index (χ0) is 45.2. The number of aliphatic carboxylic acids is 2. The van der Waals surface area contributed by atoms with E-state index in [1.165, 1.54) is 35.3 Å². The molecule has 0 aromatic rings. The molecule has 4 heterocycles. The second-order valence-corrected chi connectivity index (χ2v) is 17.5. The van der Waals surface area contributed by atoms with E-state index in [1.807, 2.05) is 0 Å². The van der Waals surface area contributed by atoms with Gasteiger partial charge in [-0.15, -0.1) is 16.8 Å². The van der Waals surface area contributed by atoms with Gasteiger partial charge in [-0.25, -0.2) is 9.59 Å². The van der Waals surface area contributed by atoms with Crippen molar-refractivity contribution >= 4 is 94.5 Å². The van der Waals surface area contributed by atoms with Gasteiger partial charge in [0, 0.05) is 95.2 Å². The van der Waals surface area contributed by atoms with Crippen molar-refractivity contribution in [3.8, 4) is 0 Å². The van der Waals surface area contributed by atoms with E-state index in [4.69, 9.17) is 21.4 Å². The highest BCUT2D eigenvalue weighted by molar-refractivity contribution is 8.00. The first-order valence-electron chi connectivity index (χ1n) is 20.2. The zero-order valence-electron chi connectivity index (χ0n) is 34.4. The topological polar surface area (TPSA) is 309 Å². The Balaban J connectivity index is 0.000000363. The number of carbonyl (C=O) groups excluding carboxylic acids is 8. The predicted octanol–water partition coefficient (Wildman–Crippen LogP) is -1.14. The number of amides is 7. The second-order valence-electron chi connectivity index (χ2n) is 14.1. The maximum Gasteiger partial charge on any atom is 0.342 e. The number of unbranched alkanes of at least 4 members (excludes halogenated alkanes) is 1. The van der Waals surface area contributed by atoms with Gasteiger partial charge in [0.15, 0.2) is 0 Å². The molecular formula is C37H60N8O13S3. The van der Waals surface area contributed by atoms with Gasteiger partial charge in [-0.05, 0) is 38.6 Å². The van der Waals surface area contributed by atoms with Crippen LogP contribution in [0.15, 0.2) is 0 Å². The summed E-state index contributed by atoms with van der Waals surface area (Å²) in [7, 11) is 0. The highest BCUT2D eigenvalue weighted by atomic mass is 32.2. The number of thioether (sulfide) groups is 3. The lowest BCUT2D eigenvalue weighted by Crippen LogP contribution is -2.49. The molecule has 0 spiro atoms. The molecule has 24 heteroatoms. The van der Waals surface area contributed by atoms with Gasteiger partial charge in [-0.1, -0.05) is 6.42 Å². The highest BCUT2D eigenvalue weighted by Crippen LogP contribution is 2.15. The lowest BCUT2D eigenvalue weighted by molar-refractivity contribution is -0.195. The Morgan fingerprint density at radius 1 is 0.639 bits per heavy atom. The minimum atomic E-state index is -1.22. The van der Waals surface area contributed by atoms with Crippen molar-refractivity contribution in [3.05, 3.63) is 0 Å². The first kappa shape index (κ1) is 53.0. The number of carboxylic acids is 2. The van der Waals surface area contributed by atoms with Gasteiger partial charge in [0.1, 0.15) is 12.1 Å². The van der Waals surface area contributed by atoms with E-state index in [1.54, 1.807) is 14.7 Å². The molecule has 0 bridgehead atoms. The van der Waals surface area contributed by atoms with Crippen LogP contribution in [0, 0.1) is 0 Å². The van der Waals surface area contributed by atoms with Crippen LogP contribution in [0.25, 0.3) is 0 Å². The summed E-state index contributed by atoms with van der Waals surface area (Å²) >= 11 is 4.03. The molecule has 0 aromatic carbocycles. The number of imide groups is 1. The van der Waals surface area contributed by atoms with Gasteiger partial charge in [-0.2, -0.15) is 23.5 Å². The van der Waals surface area contributed by atoms with Gasteiger partial charge in [0.2, 0.25) is 29.5 Å². The fraction of sp³-hybridized carbons (Fsp3) is 0.730. The van der Waals surface area contributed by atoms with Crippen molar-refractivity contribution in [1.29, 1.82) is 0 Å². The summed E-state index contributed by atoms with van der Waals surface area (Å²) in [5, 5.41) is 23.1. The fourth-order valence-corrected chi connectivity index (χ4v) is 8.21. The summed E-state index contributed by atoms with van der Waals surface area (Å²) in [6, 6.07) is -1.92. The summed E-state index contributed by atoms with van der Waals surface area (Å²) in [5.74, 6) is -1.86. The Morgan fingerprint density at radius 3 is 1.51 bits per heavy atom. The normalized spacial score (nSPS) is 17.1. The Bertz CT molecular complexity index is 1510. The highest BCUT2D eigenvalue weighted by Gasteiger charge is 2.33. The molecule has 0 radical (unpaired) electrons. The molecule has 4 saturated heterocycles. The first-order valence-corrected chi connectivity index (χ1v) is 23.7. The van der Waals surface area contributed by atoms with Crippen LogP contribution in [0.3, 0.4) is 0 Å². The van der Waals surface area contributed by atoms with E-state index in [2.05, 4.69) is 10.6 Å². The summed E-state index contributed by atoms with van der Waals surface area (Å²) in [5.41, 5.74) is 10.4. The predicted molar refractivity (Wildman–Crippen MR) is 228 cm³/mol. The Labute approximate surface area is 367 Å². The van der Waals surface area contributed by atoms with E-state index in [0.717, 1.165) is 51.7 Å². The first-order chi connectivity index (χ1) is 29.1. The average Bonchev–Trinajstić information content (AvgIpc) is 4.02. The molecule has 2 unspecified atom stereocenters. The molecule has 2 atom stereocenters. The van der Waals surface area contributed by atoms with E-state index in [-0.39, 0.29) is 60.3 Å². The molecule has 344 valence electrons. The van der Waals surface area contributed by atoms with Crippen molar-refractivity contribution in [1.82, 2.24) is 30.4 Å². The monoisotopic (exact) mass is 920 g/mol. The molecule has 61 heavy (non-hydrogen) atoms. The third-order valence-electron chi connectivity index (χ3n) is 9.34. The van der Waals surface area contributed by atoms with Crippen molar-refractivity contribution < 1.29 is 63.0 Å². The van der Waals surface area contributed by atoms with E-state index in [0.29, 0.717) is 74.2 Å². The maximum absolute atomic E-state index is 12.0. The number of nitrogens with zero attached hydrogens (tertiary/aromatic N) is 4. The van der Waals surface area contributed by atoms with Crippen molar-refractivity contribution in [3.63, 3.8) is 0 Å². The SMILES string of the molecule is NCCCCC(N)C(=O)O.O=C(CSCCN1CCCC1=O)NCC(NC(=O)CSCCN1CCCC1=O)C(=O)O.O=C(CSCCN1CCCC1=O)ON1C(=O)CCC1=O. The largest absolute Gasteiger partial charge is 0.480 e. The molecule has 4 rings (SSSR count). The van der Waals surface area contributed by atoms with Gasteiger partial charge >= 0.3 is 17.9 Å². The number of hydrogen-bond donors (Lipinski definition) is 6. The molecule has 0 aliphatic carbocycles. The van der Waals surface area contributed by atoms with Crippen LogP contribution >= 0.6 is 35.3 Å². The van der Waals surface area contributed by atoms with Gasteiger partial charge in [0.05, 0.1) is 17.3 Å². The summed E-state index contributed by atoms with van der Waals surface area (Å²) in [6.07, 6.45) is 6.76. The number of nitrogens with one attached hydrogen (secondary N) is 2. The quantitative estimate of drug-likeness (QED) is 0.0466. The van der Waals surface area contributed by atoms with Crippen LogP contribution in [0.1, 0.15) is 70.6 Å². The zero-order valence-corrected chi connectivity index (χ0v) is 36.8. The molecule has 0 saturated carbocycles. The third kappa shape index (κ3) is 22.0. The van der Waals surface area contributed by atoms with Crippen molar-refractivity contribution in [2.45, 2.75) is 82.7 Å². The Hall–Kier alpha value is -4.13. The number of likely N-dealkylation sites (tertiary alicyclic amines) is 3. The number of nitrogens with two attached hydrogens (primary N) is 2. The van der Waals surface area contributed by atoms with Crippen LogP contribution < -0.4 is 22.1 Å². The third-order valence-corrected chi connectivity index (χ3v) is 12.1. The molecule has 4 fully saturated rings. The summed E-state index contributed by atoms with van der Waals surface area (Å²) < 4.78 is 0. The molecule has 4 aliphatic heterocycles. The fourth-order valence-electron chi connectivity index (χ4n) is 5.95. The van der Waals surface area contributed by atoms with E-state index >= 15 is 0 Å². The number of carbonyl (C=O) groups is 10. The average molecular weight is 921 g/mol. The van der Waals surface area contributed by atoms with Crippen LogP contribution in [0.2, 0.25) is 0 Å². The molecular weight excluding hydrogens is 861 g/mol. The Kier molecular flexibility index (Phi) is 26.1. The number of hydrogen-bond acceptors (Lipinski definition) is 16. The Morgan fingerprint density at radius 2 is 1.10 bits per heavy atom. The van der Waals surface area contributed by atoms with Gasteiger partial charge < -0.3 is 51.9 Å². The molecule has 0 aromatic heterocycles. The van der Waals surface area contributed by atoms with Crippen LogP contribution in [0.5, 0.6) is 0 Å². The lowest BCUT2D eigenvalue weighted by atomic mass is 10.1. The minimum Gasteiger partial charge on any atom is -0.480 e. The summed E-state index contributed by atoms with van der Waals surface area (Å²) in [4.78, 5) is 124. The lowest BCUT2D eigenvalue weighted by Gasteiger charge is -2.17. The smallest absolute Gasteiger partial charge is 0.342 e. The van der Waals surface area contributed by atoms with Crippen molar-refractivity contribution in [2.75, 3.05) is 86.9 Å². The number of rotatable bonds is 25. The van der Waals surface area contributed by atoms with Crippen molar-refractivity contribution in [2.24, 2.45) is 11.5 Å². The molecule has 8 N–H and O–H groups in total.